The Hall–Kier alpha value is -1.76. The lowest BCUT2D eigenvalue weighted by Crippen LogP contribution is -1.97. The summed E-state index contributed by atoms with van der Waals surface area (Å²) < 4.78 is 5.89. The molecule has 148 valence electrons. The predicted molar refractivity (Wildman–Crippen MR) is 118 cm³/mol. The maximum Gasteiger partial charge on any atom is 0.119 e. The second-order valence-electron chi connectivity index (χ2n) is 7.63. The SMILES string of the molecule is CCCCCCCCCCCCCCOc1ccc(-c2ccccc2)cc1. The van der Waals surface area contributed by atoms with Crippen LogP contribution in [-0.4, -0.2) is 6.61 Å². The van der Waals surface area contributed by atoms with E-state index in [4.69, 9.17) is 4.74 Å². The highest BCUT2D eigenvalue weighted by atomic mass is 16.5. The third-order valence-corrected chi connectivity index (χ3v) is 5.23. The standard InChI is InChI=1S/C26H38O/c1-2-3-4-5-6-7-8-9-10-11-12-16-23-27-26-21-19-25(20-22-26)24-17-14-13-15-18-24/h13-15,17-22H,2-12,16,23H2,1H3. The maximum atomic E-state index is 5.89. The molecule has 2 rings (SSSR count). The van der Waals surface area contributed by atoms with Gasteiger partial charge >= 0.3 is 0 Å². The quantitative estimate of drug-likeness (QED) is 0.287. The fourth-order valence-electron chi connectivity index (χ4n) is 3.51. The van der Waals surface area contributed by atoms with Gasteiger partial charge < -0.3 is 4.74 Å². The van der Waals surface area contributed by atoms with E-state index in [1.54, 1.807) is 0 Å². The van der Waals surface area contributed by atoms with Gasteiger partial charge in [-0.15, -0.1) is 0 Å². The fraction of sp³-hybridized carbons (Fsp3) is 0.538. The summed E-state index contributed by atoms with van der Waals surface area (Å²) in [4.78, 5) is 0. The van der Waals surface area contributed by atoms with Gasteiger partial charge in [0.05, 0.1) is 6.61 Å². The van der Waals surface area contributed by atoms with E-state index >= 15 is 0 Å². The molecule has 0 bridgehead atoms. The van der Waals surface area contributed by atoms with E-state index in [1.165, 1.54) is 81.8 Å². The van der Waals surface area contributed by atoms with Crippen molar-refractivity contribution in [1.82, 2.24) is 0 Å². The Bertz CT molecular complexity index is 573. The Balaban J connectivity index is 1.44. The monoisotopic (exact) mass is 366 g/mol. The van der Waals surface area contributed by atoms with Crippen molar-refractivity contribution in [1.29, 1.82) is 0 Å². The van der Waals surface area contributed by atoms with Crippen molar-refractivity contribution in [2.45, 2.75) is 84.0 Å². The van der Waals surface area contributed by atoms with Crippen molar-refractivity contribution in [2.75, 3.05) is 6.61 Å². The largest absolute Gasteiger partial charge is 0.494 e. The third-order valence-electron chi connectivity index (χ3n) is 5.23. The Labute approximate surface area is 167 Å². The zero-order chi connectivity index (χ0) is 19.0. The number of ether oxygens (including phenoxy) is 1. The minimum Gasteiger partial charge on any atom is -0.494 e. The first kappa shape index (κ1) is 21.5. The number of hydrogen-bond acceptors (Lipinski definition) is 1. The molecule has 0 aliphatic heterocycles. The van der Waals surface area contributed by atoms with Crippen LogP contribution in [0, 0.1) is 0 Å². The van der Waals surface area contributed by atoms with E-state index in [0.29, 0.717) is 0 Å². The first-order valence-electron chi connectivity index (χ1n) is 11.2. The van der Waals surface area contributed by atoms with Gasteiger partial charge in [-0.1, -0.05) is 120 Å². The molecule has 0 atom stereocenters. The normalized spacial score (nSPS) is 10.9. The molecular weight excluding hydrogens is 328 g/mol. The molecule has 0 saturated carbocycles. The zero-order valence-corrected chi connectivity index (χ0v) is 17.3. The van der Waals surface area contributed by atoms with E-state index in [-0.39, 0.29) is 0 Å². The van der Waals surface area contributed by atoms with Crippen molar-refractivity contribution in [3.8, 4) is 16.9 Å². The maximum absolute atomic E-state index is 5.89. The first-order valence-corrected chi connectivity index (χ1v) is 11.2. The van der Waals surface area contributed by atoms with Crippen molar-refractivity contribution in [2.24, 2.45) is 0 Å². The van der Waals surface area contributed by atoms with Crippen LogP contribution < -0.4 is 4.74 Å². The van der Waals surface area contributed by atoms with Crippen LogP contribution in [0.25, 0.3) is 11.1 Å². The van der Waals surface area contributed by atoms with E-state index in [1.807, 2.05) is 0 Å². The molecule has 0 unspecified atom stereocenters. The van der Waals surface area contributed by atoms with Crippen LogP contribution in [-0.2, 0) is 0 Å². The lowest BCUT2D eigenvalue weighted by Gasteiger charge is -2.08. The summed E-state index contributed by atoms with van der Waals surface area (Å²) in [5, 5.41) is 0. The molecule has 0 aliphatic rings. The van der Waals surface area contributed by atoms with Crippen LogP contribution >= 0.6 is 0 Å². The van der Waals surface area contributed by atoms with Crippen molar-refractivity contribution < 1.29 is 4.74 Å². The average molecular weight is 367 g/mol. The molecule has 0 aromatic heterocycles. The van der Waals surface area contributed by atoms with Gasteiger partial charge in [0.1, 0.15) is 5.75 Å². The van der Waals surface area contributed by atoms with Gasteiger partial charge in [0.15, 0.2) is 0 Å². The summed E-state index contributed by atoms with van der Waals surface area (Å²) in [7, 11) is 0. The molecule has 1 nitrogen and oxygen atoms in total. The Kier molecular flexibility index (Phi) is 11.4. The molecule has 0 aliphatic carbocycles. The molecular formula is C26H38O. The summed E-state index contributed by atoms with van der Waals surface area (Å²) >= 11 is 0. The highest BCUT2D eigenvalue weighted by Crippen LogP contribution is 2.22. The van der Waals surface area contributed by atoms with Gasteiger partial charge in [-0.2, -0.15) is 0 Å². The lowest BCUT2D eigenvalue weighted by atomic mass is 10.1. The summed E-state index contributed by atoms with van der Waals surface area (Å²) in [5.41, 5.74) is 2.50. The van der Waals surface area contributed by atoms with Gasteiger partial charge in [-0.3, -0.25) is 0 Å². The summed E-state index contributed by atoms with van der Waals surface area (Å²) in [5.74, 6) is 0.984. The number of unbranched alkanes of at least 4 members (excludes halogenated alkanes) is 11. The van der Waals surface area contributed by atoms with Crippen LogP contribution in [0.3, 0.4) is 0 Å². The topological polar surface area (TPSA) is 9.23 Å². The van der Waals surface area contributed by atoms with E-state index in [0.717, 1.165) is 18.8 Å². The second-order valence-corrected chi connectivity index (χ2v) is 7.63. The minimum atomic E-state index is 0.835. The molecule has 0 saturated heterocycles. The molecule has 0 N–H and O–H groups in total. The number of rotatable bonds is 15. The minimum absolute atomic E-state index is 0.835. The molecule has 0 heterocycles. The second kappa shape index (κ2) is 14.3. The summed E-state index contributed by atoms with van der Waals surface area (Å²) in [6.07, 6.45) is 16.6. The highest BCUT2D eigenvalue weighted by molar-refractivity contribution is 5.63. The first-order chi connectivity index (χ1) is 13.4. The van der Waals surface area contributed by atoms with Gasteiger partial charge in [0, 0.05) is 0 Å². The van der Waals surface area contributed by atoms with Gasteiger partial charge in [-0.05, 0) is 29.7 Å². The molecule has 0 radical (unpaired) electrons. The van der Waals surface area contributed by atoms with Crippen molar-refractivity contribution in [3.05, 3.63) is 54.6 Å². The molecule has 0 fully saturated rings. The lowest BCUT2D eigenvalue weighted by molar-refractivity contribution is 0.304. The van der Waals surface area contributed by atoms with Gasteiger partial charge in [-0.25, -0.2) is 0 Å². The Morgan fingerprint density at radius 3 is 1.56 bits per heavy atom. The highest BCUT2D eigenvalue weighted by Gasteiger charge is 1.98. The summed E-state index contributed by atoms with van der Waals surface area (Å²) in [6.45, 7) is 3.12. The van der Waals surface area contributed by atoms with Crippen LogP contribution in [0.2, 0.25) is 0 Å². The van der Waals surface area contributed by atoms with E-state index < -0.39 is 0 Å². The molecule has 2 aromatic rings. The molecule has 0 spiro atoms. The molecule has 27 heavy (non-hydrogen) atoms. The summed E-state index contributed by atoms with van der Waals surface area (Å²) in [6, 6.07) is 19.0. The van der Waals surface area contributed by atoms with E-state index in [9.17, 15) is 0 Å². The number of hydrogen-bond donors (Lipinski definition) is 0. The third kappa shape index (κ3) is 9.65. The van der Waals surface area contributed by atoms with Crippen LogP contribution in [0.1, 0.15) is 84.0 Å². The number of benzene rings is 2. The molecule has 0 amide bonds. The van der Waals surface area contributed by atoms with Gasteiger partial charge in [0.2, 0.25) is 0 Å². The van der Waals surface area contributed by atoms with Crippen LogP contribution in [0.15, 0.2) is 54.6 Å². The predicted octanol–water partition coefficient (Wildman–Crippen LogP) is 8.43. The van der Waals surface area contributed by atoms with Crippen LogP contribution in [0.5, 0.6) is 5.75 Å². The van der Waals surface area contributed by atoms with Crippen molar-refractivity contribution >= 4 is 0 Å². The smallest absolute Gasteiger partial charge is 0.119 e. The Morgan fingerprint density at radius 1 is 0.519 bits per heavy atom. The molecule has 1 heteroatoms. The fourth-order valence-corrected chi connectivity index (χ4v) is 3.51. The van der Waals surface area contributed by atoms with Gasteiger partial charge in [0.25, 0.3) is 0 Å². The zero-order valence-electron chi connectivity index (χ0n) is 17.3. The Morgan fingerprint density at radius 2 is 1.00 bits per heavy atom. The van der Waals surface area contributed by atoms with Crippen molar-refractivity contribution in [3.63, 3.8) is 0 Å². The van der Waals surface area contributed by atoms with E-state index in [2.05, 4.69) is 61.5 Å². The average Bonchev–Trinajstić information content (AvgIpc) is 2.72. The molecule has 2 aromatic carbocycles. The van der Waals surface area contributed by atoms with Crippen LogP contribution in [0.4, 0.5) is 0 Å².